The van der Waals surface area contributed by atoms with Crippen LogP contribution in [0, 0.1) is 6.92 Å². The van der Waals surface area contributed by atoms with Gasteiger partial charge in [-0.25, -0.2) is 15.0 Å². The van der Waals surface area contributed by atoms with Crippen LogP contribution in [0.15, 0.2) is 60.1 Å². The van der Waals surface area contributed by atoms with Gasteiger partial charge in [0.15, 0.2) is 0 Å². The van der Waals surface area contributed by atoms with Crippen molar-refractivity contribution in [3.8, 4) is 11.3 Å². The molecular formula is C21H20N4S. The number of hydrogen-bond donors (Lipinski definition) is 1. The van der Waals surface area contributed by atoms with Crippen molar-refractivity contribution in [3.05, 3.63) is 71.5 Å². The highest BCUT2D eigenvalue weighted by Crippen LogP contribution is 2.26. The zero-order valence-corrected chi connectivity index (χ0v) is 15.6. The number of nitrogens with one attached hydrogen (secondary N) is 1. The smallest absolute Gasteiger partial charge is 0.130 e. The lowest BCUT2D eigenvalue weighted by Crippen LogP contribution is -2.11. The third-order valence-corrected chi connectivity index (χ3v) is 5.21. The predicted molar refractivity (Wildman–Crippen MR) is 109 cm³/mol. The van der Waals surface area contributed by atoms with E-state index >= 15 is 0 Å². The van der Waals surface area contributed by atoms with Crippen molar-refractivity contribution in [2.75, 3.05) is 11.9 Å². The zero-order valence-electron chi connectivity index (χ0n) is 14.8. The lowest BCUT2D eigenvalue weighted by molar-refractivity contribution is 0.800. The third kappa shape index (κ3) is 3.58. The molecule has 0 unspecified atom stereocenters. The molecule has 1 atom stereocenters. The fraction of sp³-hybridized carbons (Fsp3) is 0.190. The summed E-state index contributed by atoms with van der Waals surface area (Å²) >= 11 is 1.65. The Morgan fingerprint density at radius 2 is 1.88 bits per heavy atom. The SMILES string of the molecule is Cc1nc(NC[C@@H](C)c2ccccc2)cc(-c2ccc3ncsc3c2)n1. The Morgan fingerprint density at radius 1 is 1.04 bits per heavy atom. The predicted octanol–water partition coefficient (Wildman–Crippen LogP) is 5.28. The van der Waals surface area contributed by atoms with E-state index in [1.807, 2.05) is 30.6 Å². The van der Waals surface area contributed by atoms with E-state index < -0.39 is 0 Å². The normalized spacial score (nSPS) is 12.2. The lowest BCUT2D eigenvalue weighted by atomic mass is 10.0. The molecule has 0 fully saturated rings. The first-order valence-corrected chi connectivity index (χ1v) is 9.55. The monoisotopic (exact) mass is 360 g/mol. The van der Waals surface area contributed by atoms with Crippen LogP contribution in [0.3, 0.4) is 0 Å². The van der Waals surface area contributed by atoms with Gasteiger partial charge in [-0.3, -0.25) is 0 Å². The molecule has 4 nitrogen and oxygen atoms in total. The van der Waals surface area contributed by atoms with E-state index in [4.69, 9.17) is 0 Å². The summed E-state index contributed by atoms with van der Waals surface area (Å²) in [5.74, 6) is 2.03. The average molecular weight is 360 g/mol. The Bertz CT molecular complexity index is 1030. The number of benzene rings is 2. The number of aryl methyl sites for hydroxylation is 1. The van der Waals surface area contributed by atoms with Crippen LogP contribution in [0.25, 0.3) is 21.5 Å². The van der Waals surface area contributed by atoms with E-state index in [1.165, 1.54) is 10.3 Å². The molecule has 4 aromatic rings. The van der Waals surface area contributed by atoms with Crippen molar-refractivity contribution in [2.24, 2.45) is 0 Å². The van der Waals surface area contributed by atoms with Gasteiger partial charge < -0.3 is 5.32 Å². The van der Waals surface area contributed by atoms with E-state index in [0.29, 0.717) is 5.92 Å². The Kier molecular flexibility index (Phi) is 4.63. The Morgan fingerprint density at radius 3 is 2.73 bits per heavy atom. The number of aromatic nitrogens is 3. The lowest BCUT2D eigenvalue weighted by Gasteiger charge is -2.14. The first-order valence-electron chi connectivity index (χ1n) is 8.67. The molecule has 130 valence electrons. The van der Waals surface area contributed by atoms with Crippen LogP contribution in [0.1, 0.15) is 24.2 Å². The number of rotatable bonds is 5. The maximum Gasteiger partial charge on any atom is 0.130 e. The van der Waals surface area contributed by atoms with Gasteiger partial charge in [-0.1, -0.05) is 43.3 Å². The highest BCUT2D eigenvalue weighted by atomic mass is 32.1. The van der Waals surface area contributed by atoms with Crippen molar-refractivity contribution in [2.45, 2.75) is 19.8 Å². The average Bonchev–Trinajstić information content (AvgIpc) is 3.14. The minimum atomic E-state index is 0.406. The van der Waals surface area contributed by atoms with E-state index in [0.717, 1.165) is 35.0 Å². The maximum atomic E-state index is 4.61. The first-order chi connectivity index (χ1) is 12.7. The van der Waals surface area contributed by atoms with Crippen LogP contribution in [-0.4, -0.2) is 21.5 Å². The van der Waals surface area contributed by atoms with Gasteiger partial charge in [-0.05, 0) is 30.5 Å². The molecular weight excluding hydrogens is 340 g/mol. The summed E-state index contributed by atoms with van der Waals surface area (Å²) in [4.78, 5) is 13.5. The van der Waals surface area contributed by atoms with Crippen molar-refractivity contribution in [1.29, 1.82) is 0 Å². The fourth-order valence-corrected chi connectivity index (χ4v) is 3.69. The molecule has 0 saturated carbocycles. The summed E-state index contributed by atoms with van der Waals surface area (Å²) in [6, 6.07) is 18.8. The summed E-state index contributed by atoms with van der Waals surface area (Å²) in [5.41, 5.74) is 6.24. The van der Waals surface area contributed by atoms with Crippen molar-refractivity contribution < 1.29 is 0 Å². The third-order valence-electron chi connectivity index (χ3n) is 4.42. The van der Waals surface area contributed by atoms with Crippen molar-refractivity contribution in [1.82, 2.24) is 15.0 Å². The van der Waals surface area contributed by atoms with E-state index in [1.54, 1.807) is 11.3 Å². The number of fused-ring (bicyclic) bond motifs is 1. The van der Waals surface area contributed by atoms with Gasteiger partial charge in [0.25, 0.3) is 0 Å². The van der Waals surface area contributed by atoms with Crippen LogP contribution < -0.4 is 5.32 Å². The van der Waals surface area contributed by atoms with Crippen molar-refractivity contribution >= 4 is 27.4 Å². The van der Waals surface area contributed by atoms with Crippen LogP contribution >= 0.6 is 11.3 Å². The van der Waals surface area contributed by atoms with Gasteiger partial charge in [-0.15, -0.1) is 11.3 Å². The second kappa shape index (κ2) is 7.22. The van der Waals surface area contributed by atoms with Gasteiger partial charge in [0.2, 0.25) is 0 Å². The summed E-state index contributed by atoms with van der Waals surface area (Å²) in [7, 11) is 0. The largest absolute Gasteiger partial charge is 0.369 e. The molecule has 0 aliphatic carbocycles. The second-order valence-electron chi connectivity index (χ2n) is 6.41. The molecule has 1 N–H and O–H groups in total. The molecule has 4 rings (SSSR count). The molecule has 2 aromatic heterocycles. The summed E-state index contributed by atoms with van der Waals surface area (Å²) in [6.07, 6.45) is 0. The molecule has 2 heterocycles. The number of anilines is 1. The van der Waals surface area contributed by atoms with Crippen LogP contribution in [0.4, 0.5) is 5.82 Å². The van der Waals surface area contributed by atoms with Gasteiger partial charge in [-0.2, -0.15) is 0 Å². The maximum absolute atomic E-state index is 4.61. The van der Waals surface area contributed by atoms with Gasteiger partial charge in [0.05, 0.1) is 21.4 Å². The summed E-state index contributed by atoms with van der Waals surface area (Å²) in [5, 5.41) is 3.47. The van der Waals surface area contributed by atoms with Gasteiger partial charge in [0.1, 0.15) is 11.6 Å². The highest BCUT2D eigenvalue weighted by Gasteiger charge is 2.09. The standard InChI is InChI=1S/C21H20N4S/c1-14(16-6-4-3-5-7-16)12-22-21-11-19(24-15(2)25-21)17-8-9-18-20(10-17)26-13-23-18/h3-11,13-14H,12H2,1-2H3,(H,22,24,25)/t14-/m1/s1. The molecule has 0 radical (unpaired) electrons. The summed E-state index contributed by atoms with van der Waals surface area (Å²) in [6.45, 7) is 4.98. The van der Waals surface area contributed by atoms with E-state index in [2.05, 4.69) is 63.6 Å². The molecule has 0 spiro atoms. The zero-order chi connectivity index (χ0) is 17.9. The molecule has 26 heavy (non-hydrogen) atoms. The van der Waals surface area contributed by atoms with Gasteiger partial charge in [0, 0.05) is 18.2 Å². The fourth-order valence-electron chi connectivity index (χ4n) is 2.98. The van der Waals surface area contributed by atoms with Crippen LogP contribution in [0.2, 0.25) is 0 Å². The molecule has 0 bridgehead atoms. The van der Waals surface area contributed by atoms with Gasteiger partial charge >= 0.3 is 0 Å². The van der Waals surface area contributed by atoms with Crippen molar-refractivity contribution in [3.63, 3.8) is 0 Å². The minimum absolute atomic E-state index is 0.406. The topological polar surface area (TPSA) is 50.7 Å². The molecule has 0 aliphatic rings. The molecule has 0 aliphatic heterocycles. The number of hydrogen-bond acceptors (Lipinski definition) is 5. The Hall–Kier alpha value is -2.79. The van der Waals surface area contributed by atoms with E-state index in [9.17, 15) is 0 Å². The number of nitrogens with zero attached hydrogens (tertiary/aromatic N) is 3. The molecule has 0 amide bonds. The molecule has 5 heteroatoms. The molecule has 0 saturated heterocycles. The van der Waals surface area contributed by atoms with Crippen LogP contribution in [-0.2, 0) is 0 Å². The molecule has 2 aromatic carbocycles. The van der Waals surface area contributed by atoms with E-state index in [-0.39, 0.29) is 0 Å². The summed E-state index contributed by atoms with van der Waals surface area (Å²) < 4.78 is 1.17. The van der Waals surface area contributed by atoms with Crippen LogP contribution in [0.5, 0.6) is 0 Å². The quantitative estimate of drug-likeness (QED) is 0.526. The Labute approximate surface area is 157 Å². The Balaban J connectivity index is 1.56. The number of thiazole rings is 1. The first kappa shape index (κ1) is 16.7. The highest BCUT2D eigenvalue weighted by molar-refractivity contribution is 7.16. The second-order valence-corrected chi connectivity index (χ2v) is 7.30. The minimum Gasteiger partial charge on any atom is -0.369 e.